The van der Waals surface area contributed by atoms with Crippen molar-refractivity contribution in [1.82, 2.24) is 0 Å². The van der Waals surface area contributed by atoms with Gasteiger partial charge in [0.05, 0.1) is 20.3 Å². The summed E-state index contributed by atoms with van der Waals surface area (Å²) in [7, 11) is 3.12. The number of aliphatic hydroxyl groups is 1. The van der Waals surface area contributed by atoms with Gasteiger partial charge in [0, 0.05) is 18.2 Å². The number of aliphatic hydroxyl groups excluding tert-OH is 1. The second kappa shape index (κ2) is 4.83. The van der Waals surface area contributed by atoms with Crippen molar-refractivity contribution in [3.8, 4) is 11.5 Å². The molecule has 0 aliphatic heterocycles. The molecule has 0 amide bonds. The van der Waals surface area contributed by atoms with Crippen LogP contribution in [0, 0.1) is 0 Å². The van der Waals surface area contributed by atoms with Crippen LogP contribution in [0.4, 0.5) is 0 Å². The van der Waals surface area contributed by atoms with Gasteiger partial charge in [0.25, 0.3) is 0 Å². The van der Waals surface area contributed by atoms with E-state index < -0.39 is 6.10 Å². The van der Waals surface area contributed by atoms with Crippen molar-refractivity contribution in [3.63, 3.8) is 0 Å². The third-order valence-electron chi connectivity index (χ3n) is 2.02. The van der Waals surface area contributed by atoms with E-state index in [0.717, 1.165) is 0 Å². The summed E-state index contributed by atoms with van der Waals surface area (Å²) in [5.41, 5.74) is 6.04. The summed E-state index contributed by atoms with van der Waals surface area (Å²) in [6, 6.07) is 5.22. The molecule has 14 heavy (non-hydrogen) atoms. The Morgan fingerprint density at radius 3 is 2.57 bits per heavy atom. The zero-order valence-corrected chi connectivity index (χ0v) is 8.36. The van der Waals surface area contributed by atoms with Crippen LogP contribution in [0.25, 0.3) is 0 Å². The van der Waals surface area contributed by atoms with E-state index in [0.29, 0.717) is 17.1 Å². The second-order valence-electron chi connectivity index (χ2n) is 2.86. The van der Waals surface area contributed by atoms with Crippen LogP contribution in [-0.4, -0.2) is 25.9 Å². The first-order chi connectivity index (χ1) is 6.72. The molecular weight excluding hydrogens is 182 g/mol. The fraction of sp³-hybridized carbons (Fsp3) is 0.400. The van der Waals surface area contributed by atoms with Gasteiger partial charge in [0.15, 0.2) is 0 Å². The Labute approximate surface area is 83.3 Å². The lowest BCUT2D eigenvalue weighted by atomic mass is 10.1. The number of benzene rings is 1. The third kappa shape index (κ3) is 2.16. The monoisotopic (exact) mass is 197 g/mol. The third-order valence-corrected chi connectivity index (χ3v) is 2.02. The van der Waals surface area contributed by atoms with Crippen LogP contribution < -0.4 is 15.2 Å². The zero-order chi connectivity index (χ0) is 10.6. The SMILES string of the molecule is COc1ccc(C(O)CN)c(OC)c1. The molecule has 0 heterocycles. The van der Waals surface area contributed by atoms with E-state index in [1.807, 2.05) is 0 Å². The molecule has 1 atom stereocenters. The predicted octanol–water partition coefficient (Wildman–Crippen LogP) is 0.696. The summed E-state index contributed by atoms with van der Waals surface area (Å²) in [6.45, 7) is 0.169. The van der Waals surface area contributed by atoms with E-state index in [1.165, 1.54) is 0 Å². The highest BCUT2D eigenvalue weighted by molar-refractivity contribution is 5.42. The Hall–Kier alpha value is -1.26. The van der Waals surface area contributed by atoms with Crippen LogP contribution in [0.1, 0.15) is 11.7 Å². The van der Waals surface area contributed by atoms with E-state index in [1.54, 1.807) is 32.4 Å². The fourth-order valence-electron chi connectivity index (χ4n) is 1.22. The maximum atomic E-state index is 9.56. The number of hydrogen-bond acceptors (Lipinski definition) is 4. The first-order valence-electron chi connectivity index (χ1n) is 4.33. The first-order valence-corrected chi connectivity index (χ1v) is 4.33. The molecule has 1 rings (SSSR count). The minimum absolute atomic E-state index is 0.169. The maximum Gasteiger partial charge on any atom is 0.128 e. The minimum Gasteiger partial charge on any atom is -0.497 e. The molecule has 4 heteroatoms. The summed E-state index contributed by atoms with van der Waals surface area (Å²) in [5.74, 6) is 1.28. The zero-order valence-electron chi connectivity index (χ0n) is 8.36. The molecule has 1 unspecified atom stereocenters. The summed E-state index contributed by atoms with van der Waals surface area (Å²) in [4.78, 5) is 0. The Bertz CT molecular complexity index is 301. The number of hydrogen-bond donors (Lipinski definition) is 2. The molecule has 1 aromatic carbocycles. The molecule has 0 aliphatic rings. The lowest BCUT2D eigenvalue weighted by Gasteiger charge is -2.13. The van der Waals surface area contributed by atoms with Gasteiger partial charge in [-0.25, -0.2) is 0 Å². The Kier molecular flexibility index (Phi) is 3.73. The van der Waals surface area contributed by atoms with Crippen LogP contribution in [0.5, 0.6) is 11.5 Å². The van der Waals surface area contributed by atoms with Gasteiger partial charge >= 0.3 is 0 Å². The van der Waals surface area contributed by atoms with Crippen LogP contribution in [0.15, 0.2) is 18.2 Å². The van der Waals surface area contributed by atoms with E-state index in [2.05, 4.69) is 0 Å². The Morgan fingerprint density at radius 2 is 2.07 bits per heavy atom. The summed E-state index contributed by atoms with van der Waals surface area (Å²) in [5, 5.41) is 9.56. The van der Waals surface area contributed by atoms with Crippen molar-refractivity contribution in [2.75, 3.05) is 20.8 Å². The van der Waals surface area contributed by atoms with E-state index in [-0.39, 0.29) is 6.54 Å². The molecule has 4 nitrogen and oxygen atoms in total. The smallest absolute Gasteiger partial charge is 0.128 e. The summed E-state index contributed by atoms with van der Waals surface area (Å²) >= 11 is 0. The van der Waals surface area contributed by atoms with Crippen LogP contribution in [0.2, 0.25) is 0 Å². The van der Waals surface area contributed by atoms with Crippen LogP contribution in [0.3, 0.4) is 0 Å². The van der Waals surface area contributed by atoms with Gasteiger partial charge in [-0.2, -0.15) is 0 Å². The van der Waals surface area contributed by atoms with Gasteiger partial charge in [-0.05, 0) is 12.1 Å². The molecule has 0 radical (unpaired) electrons. The van der Waals surface area contributed by atoms with Gasteiger partial charge in [0.2, 0.25) is 0 Å². The molecular formula is C10H15NO3. The second-order valence-corrected chi connectivity index (χ2v) is 2.86. The predicted molar refractivity (Wildman–Crippen MR) is 53.6 cm³/mol. The van der Waals surface area contributed by atoms with Crippen molar-refractivity contribution in [3.05, 3.63) is 23.8 Å². The average Bonchev–Trinajstić information content (AvgIpc) is 2.27. The first kappa shape index (κ1) is 10.8. The van der Waals surface area contributed by atoms with Gasteiger partial charge in [-0.15, -0.1) is 0 Å². The highest BCUT2D eigenvalue weighted by Gasteiger charge is 2.12. The Balaban J connectivity index is 3.04. The molecule has 3 N–H and O–H groups in total. The number of methoxy groups -OCH3 is 2. The molecule has 0 bridgehead atoms. The minimum atomic E-state index is -0.698. The number of ether oxygens (including phenoxy) is 2. The van der Waals surface area contributed by atoms with Crippen molar-refractivity contribution < 1.29 is 14.6 Å². The van der Waals surface area contributed by atoms with Gasteiger partial charge in [-0.1, -0.05) is 0 Å². The van der Waals surface area contributed by atoms with Crippen LogP contribution >= 0.6 is 0 Å². The molecule has 0 aliphatic carbocycles. The lowest BCUT2D eigenvalue weighted by Crippen LogP contribution is -2.12. The molecule has 0 saturated carbocycles. The maximum absolute atomic E-state index is 9.56. The van der Waals surface area contributed by atoms with Gasteiger partial charge < -0.3 is 20.3 Å². The van der Waals surface area contributed by atoms with Crippen molar-refractivity contribution in [2.45, 2.75) is 6.10 Å². The summed E-state index contributed by atoms with van der Waals surface area (Å²) in [6.07, 6.45) is -0.698. The van der Waals surface area contributed by atoms with Gasteiger partial charge in [0.1, 0.15) is 11.5 Å². The average molecular weight is 197 g/mol. The topological polar surface area (TPSA) is 64.7 Å². The van der Waals surface area contributed by atoms with Crippen LogP contribution in [-0.2, 0) is 0 Å². The molecule has 1 aromatic rings. The highest BCUT2D eigenvalue weighted by atomic mass is 16.5. The number of rotatable bonds is 4. The number of nitrogens with two attached hydrogens (primary N) is 1. The fourth-order valence-corrected chi connectivity index (χ4v) is 1.22. The van der Waals surface area contributed by atoms with Gasteiger partial charge in [-0.3, -0.25) is 0 Å². The van der Waals surface area contributed by atoms with Crippen molar-refractivity contribution in [2.24, 2.45) is 5.73 Å². The largest absolute Gasteiger partial charge is 0.497 e. The lowest BCUT2D eigenvalue weighted by molar-refractivity contribution is 0.182. The molecule has 0 spiro atoms. The van der Waals surface area contributed by atoms with Crippen molar-refractivity contribution in [1.29, 1.82) is 0 Å². The van der Waals surface area contributed by atoms with E-state index >= 15 is 0 Å². The highest BCUT2D eigenvalue weighted by Crippen LogP contribution is 2.28. The normalized spacial score (nSPS) is 12.3. The molecule has 0 aromatic heterocycles. The standard InChI is InChI=1S/C10H15NO3/c1-13-7-3-4-8(9(12)6-11)10(5-7)14-2/h3-5,9,12H,6,11H2,1-2H3. The molecule has 78 valence electrons. The molecule has 0 saturated heterocycles. The van der Waals surface area contributed by atoms with E-state index in [4.69, 9.17) is 15.2 Å². The molecule has 0 fully saturated rings. The summed E-state index contributed by atoms with van der Waals surface area (Å²) < 4.78 is 10.1. The van der Waals surface area contributed by atoms with Crippen molar-refractivity contribution >= 4 is 0 Å². The quantitative estimate of drug-likeness (QED) is 0.745. The Morgan fingerprint density at radius 1 is 1.36 bits per heavy atom. The van der Waals surface area contributed by atoms with E-state index in [9.17, 15) is 5.11 Å².